The molecule has 3 aliphatic rings. The zero-order valence-electron chi connectivity index (χ0n) is 21.2. The number of benzene rings is 1. The summed E-state index contributed by atoms with van der Waals surface area (Å²) < 4.78 is 6.18. The first-order valence-electron chi connectivity index (χ1n) is 13.3. The van der Waals surface area contributed by atoms with Crippen molar-refractivity contribution in [2.45, 2.75) is 45.4 Å². The van der Waals surface area contributed by atoms with E-state index < -0.39 is 0 Å². The number of ether oxygens (including phenoxy) is 1. The van der Waals surface area contributed by atoms with E-state index in [4.69, 9.17) is 16.3 Å². The molecule has 0 radical (unpaired) electrons. The van der Waals surface area contributed by atoms with Gasteiger partial charge in [-0.3, -0.25) is 14.5 Å². The van der Waals surface area contributed by atoms with E-state index in [2.05, 4.69) is 16.7 Å². The molecule has 0 spiro atoms. The zero-order chi connectivity index (χ0) is 24.7. The van der Waals surface area contributed by atoms with Crippen LogP contribution in [-0.4, -0.2) is 103 Å². The summed E-state index contributed by atoms with van der Waals surface area (Å²) in [6.45, 7) is 11.3. The van der Waals surface area contributed by atoms with Crippen LogP contribution < -0.4 is 4.74 Å². The minimum Gasteiger partial charge on any atom is -0.493 e. The summed E-state index contributed by atoms with van der Waals surface area (Å²) in [5.41, 5.74) is -0.264. The van der Waals surface area contributed by atoms with Crippen LogP contribution in [0.3, 0.4) is 0 Å². The highest BCUT2D eigenvalue weighted by Gasteiger charge is 2.40. The summed E-state index contributed by atoms with van der Waals surface area (Å²) in [5, 5.41) is 0.640. The molecule has 8 heteroatoms. The maximum atomic E-state index is 13.2. The Hall–Kier alpha value is -1.83. The van der Waals surface area contributed by atoms with E-state index in [0.29, 0.717) is 37.7 Å². The molecule has 0 aliphatic carbocycles. The van der Waals surface area contributed by atoms with Gasteiger partial charge < -0.3 is 19.4 Å². The molecule has 3 aliphatic heterocycles. The smallest absolute Gasteiger partial charge is 0.236 e. The van der Waals surface area contributed by atoms with Crippen LogP contribution in [0.25, 0.3) is 0 Å². The highest BCUT2D eigenvalue weighted by molar-refractivity contribution is 6.30. The minimum absolute atomic E-state index is 0.210. The molecule has 1 aromatic carbocycles. The van der Waals surface area contributed by atoms with Gasteiger partial charge in [0.25, 0.3) is 0 Å². The number of hydrogen-bond donors (Lipinski definition) is 0. The lowest BCUT2D eigenvalue weighted by molar-refractivity contribution is -0.139. The third-order valence-corrected chi connectivity index (χ3v) is 8.26. The molecule has 0 bridgehead atoms. The average Bonchev–Trinajstić information content (AvgIpc) is 2.89. The van der Waals surface area contributed by atoms with Crippen LogP contribution in [-0.2, 0) is 9.59 Å². The lowest BCUT2D eigenvalue weighted by Crippen LogP contribution is -2.52. The number of likely N-dealkylation sites (N-methyl/N-ethyl adjacent to an activating group) is 1. The maximum Gasteiger partial charge on any atom is 0.236 e. The van der Waals surface area contributed by atoms with Crippen molar-refractivity contribution in [2.75, 3.05) is 72.1 Å². The SMILES string of the molecule is CCN1CCN(CC(=O)N2CCC(COc3cccc(Cl)c3)(CC(=O)N3CCCCC3)CC2)CC1. The van der Waals surface area contributed by atoms with Crippen LogP contribution in [0.15, 0.2) is 24.3 Å². The normalized spacial score (nSPS) is 21.7. The highest BCUT2D eigenvalue weighted by atomic mass is 35.5. The maximum absolute atomic E-state index is 13.2. The summed E-state index contributed by atoms with van der Waals surface area (Å²) in [6, 6.07) is 7.43. The second-order valence-corrected chi connectivity index (χ2v) is 10.9. The molecule has 0 N–H and O–H groups in total. The topological polar surface area (TPSA) is 56.3 Å². The number of rotatable bonds is 8. The van der Waals surface area contributed by atoms with Gasteiger partial charge in [0.05, 0.1) is 13.2 Å². The van der Waals surface area contributed by atoms with Crippen molar-refractivity contribution in [3.8, 4) is 5.75 Å². The van der Waals surface area contributed by atoms with E-state index in [1.165, 1.54) is 6.42 Å². The Morgan fingerprint density at radius 2 is 1.54 bits per heavy atom. The number of hydrogen-bond acceptors (Lipinski definition) is 5. The average molecular weight is 505 g/mol. The largest absolute Gasteiger partial charge is 0.493 e. The summed E-state index contributed by atoms with van der Waals surface area (Å²) >= 11 is 6.15. The molecule has 194 valence electrons. The van der Waals surface area contributed by atoms with Crippen molar-refractivity contribution in [3.63, 3.8) is 0 Å². The van der Waals surface area contributed by atoms with Gasteiger partial charge in [0, 0.05) is 69.2 Å². The highest BCUT2D eigenvalue weighted by Crippen LogP contribution is 2.37. The van der Waals surface area contributed by atoms with Gasteiger partial charge in [-0.2, -0.15) is 0 Å². The van der Waals surface area contributed by atoms with E-state index in [0.717, 1.165) is 77.2 Å². The first kappa shape index (κ1) is 26.2. The Balaban J connectivity index is 1.35. The molecule has 0 aromatic heterocycles. The third kappa shape index (κ3) is 7.34. The molecule has 4 rings (SSSR count). The van der Waals surface area contributed by atoms with Crippen molar-refractivity contribution >= 4 is 23.4 Å². The number of nitrogens with zero attached hydrogens (tertiary/aromatic N) is 4. The van der Waals surface area contributed by atoms with Gasteiger partial charge in [-0.05, 0) is 56.8 Å². The second kappa shape index (κ2) is 12.4. The standard InChI is InChI=1S/C27H41ClN4O3/c1-2-29-15-17-30(18-16-29)21-26(34)32-13-9-27(10-14-32,20-25(33)31-11-4-3-5-12-31)22-35-24-8-6-7-23(28)19-24/h6-8,19H,2-5,9-18,20-22H2,1H3. The molecule has 0 saturated carbocycles. The molecule has 0 unspecified atom stereocenters. The zero-order valence-corrected chi connectivity index (χ0v) is 22.0. The van der Waals surface area contributed by atoms with Crippen molar-refractivity contribution in [1.29, 1.82) is 0 Å². The number of piperazine rings is 1. The minimum atomic E-state index is -0.264. The van der Waals surface area contributed by atoms with Crippen LogP contribution in [0, 0.1) is 5.41 Å². The number of amides is 2. The first-order valence-corrected chi connectivity index (χ1v) is 13.7. The molecule has 35 heavy (non-hydrogen) atoms. The fourth-order valence-electron chi connectivity index (χ4n) is 5.53. The van der Waals surface area contributed by atoms with Crippen molar-refractivity contribution in [1.82, 2.24) is 19.6 Å². The number of carbonyl (C=O) groups excluding carboxylic acids is 2. The molecule has 3 fully saturated rings. The second-order valence-electron chi connectivity index (χ2n) is 10.5. The van der Waals surface area contributed by atoms with E-state index in [-0.39, 0.29) is 17.2 Å². The van der Waals surface area contributed by atoms with Crippen LogP contribution >= 0.6 is 11.6 Å². The summed E-state index contributed by atoms with van der Waals surface area (Å²) in [4.78, 5) is 35.0. The molecule has 1 aromatic rings. The van der Waals surface area contributed by atoms with Crippen LogP contribution in [0.2, 0.25) is 5.02 Å². The first-order chi connectivity index (χ1) is 17.0. The number of likely N-dealkylation sites (tertiary alicyclic amines) is 2. The van der Waals surface area contributed by atoms with Crippen molar-refractivity contribution < 1.29 is 14.3 Å². The fraction of sp³-hybridized carbons (Fsp3) is 0.704. The van der Waals surface area contributed by atoms with Crippen LogP contribution in [0.5, 0.6) is 5.75 Å². The van der Waals surface area contributed by atoms with Crippen LogP contribution in [0.1, 0.15) is 45.4 Å². The predicted molar refractivity (Wildman–Crippen MR) is 139 cm³/mol. The van der Waals surface area contributed by atoms with Gasteiger partial charge in [-0.1, -0.05) is 24.6 Å². The Labute approximate surface area is 215 Å². The van der Waals surface area contributed by atoms with Gasteiger partial charge in [-0.25, -0.2) is 0 Å². The van der Waals surface area contributed by atoms with Crippen LogP contribution in [0.4, 0.5) is 0 Å². The molecule has 3 heterocycles. The summed E-state index contributed by atoms with van der Waals surface area (Å²) in [7, 11) is 0. The Bertz CT molecular complexity index is 845. The molecular weight excluding hydrogens is 464 g/mol. The summed E-state index contributed by atoms with van der Waals surface area (Å²) in [6.07, 6.45) is 5.43. The fourth-order valence-corrected chi connectivity index (χ4v) is 5.71. The quantitative estimate of drug-likeness (QED) is 0.543. The van der Waals surface area contributed by atoms with E-state index in [9.17, 15) is 9.59 Å². The lowest BCUT2D eigenvalue weighted by Gasteiger charge is -2.43. The van der Waals surface area contributed by atoms with Gasteiger partial charge in [0.1, 0.15) is 5.75 Å². The van der Waals surface area contributed by atoms with E-state index >= 15 is 0 Å². The third-order valence-electron chi connectivity index (χ3n) is 8.02. The van der Waals surface area contributed by atoms with Crippen molar-refractivity contribution in [2.24, 2.45) is 5.41 Å². The monoisotopic (exact) mass is 504 g/mol. The number of carbonyl (C=O) groups is 2. The Morgan fingerprint density at radius 1 is 0.886 bits per heavy atom. The van der Waals surface area contributed by atoms with Crippen molar-refractivity contribution in [3.05, 3.63) is 29.3 Å². The predicted octanol–water partition coefficient (Wildman–Crippen LogP) is 3.37. The lowest BCUT2D eigenvalue weighted by atomic mass is 9.75. The van der Waals surface area contributed by atoms with Gasteiger partial charge >= 0.3 is 0 Å². The Morgan fingerprint density at radius 3 is 2.20 bits per heavy atom. The van der Waals surface area contributed by atoms with E-state index in [1.54, 1.807) is 0 Å². The molecule has 3 saturated heterocycles. The van der Waals surface area contributed by atoms with Gasteiger partial charge in [0.2, 0.25) is 11.8 Å². The molecule has 2 amide bonds. The van der Waals surface area contributed by atoms with Gasteiger partial charge in [-0.15, -0.1) is 0 Å². The Kier molecular flexibility index (Phi) is 9.31. The number of halogens is 1. The molecule has 0 atom stereocenters. The van der Waals surface area contributed by atoms with Gasteiger partial charge in [0.15, 0.2) is 0 Å². The number of piperidine rings is 2. The molecule has 7 nitrogen and oxygen atoms in total. The summed E-state index contributed by atoms with van der Waals surface area (Å²) in [5.74, 6) is 1.17. The molecular formula is C27H41ClN4O3. The van der Waals surface area contributed by atoms with E-state index in [1.807, 2.05) is 34.1 Å².